The normalized spacial score (nSPS) is 13.5. The van der Waals surface area contributed by atoms with Gasteiger partial charge in [0.2, 0.25) is 0 Å². The molecule has 0 aromatic carbocycles. The predicted molar refractivity (Wildman–Crippen MR) is 103 cm³/mol. The number of hydrogen-bond acceptors (Lipinski definition) is 4. The van der Waals surface area contributed by atoms with Crippen molar-refractivity contribution in [1.82, 2.24) is 16.0 Å². The number of nitrogens with one attached hydrogen (secondary N) is 3. The zero-order valence-corrected chi connectivity index (χ0v) is 16.8. The van der Waals surface area contributed by atoms with Gasteiger partial charge in [-0.3, -0.25) is 4.99 Å². The Morgan fingerprint density at radius 3 is 2.32 bits per heavy atom. The van der Waals surface area contributed by atoms with Crippen LogP contribution in [0.25, 0.3) is 0 Å². The lowest BCUT2D eigenvalue weighted by molar-refractivity contribution is 0.0529. The van der Waals surface area contributed by atoms with Crippen molar-refractivity contribution in [2.75, 3.05) is 32.8 Å². The van der Waals surface area contributed by atoms with E-state index in [0.717, 1.165) is 25.3 Å². The van der Waals surface area contributed by atoms with Gasteiger partial charge in [-0.05, 0) is 52.4 Å². The van der Waals surface area contributed by atoms with E-state index in [9.17, 15) is 9.90 Å². The van der Waals surface area contributed by atoms with Gasteiger partial charge in [-0.25, -0.2) is 4.79 Å². The standard InChI is InChI=1S/C18H38N4O3/c1-7-19-16(22-13-15(8-11-23)12-14(2)3)20-9-10-21-17(24)25-18(4,5)6/h14-15,23H,7-13H2,1-6H3,(H,21,24)(H2,19,20,22). The summed E-state index contributed by atoms with van der Waals surface area (Å²) in [7, 11) is 0. The second-order valence-electron chi connectivity index (χ2n) is 7.58. The number of carbonyl (C=O) groups excluding carboxylic acids is 1. The molecule has 0 fully saturated rings. The van der Waals surface area contributed by atoms with Crippen LogP contribution in [0, 0.1) is 11.8 Å². The number of nitrogens with zero attached hydrogens (tertiary/aromatic N) is 1. The van der Waals surface area contributed by atoms with Crippen molar-refractivity contribution >= 4 is 12.1 Å². The molecular formula is C18H38N4O3. The molecule has 0 bridgehead atoms. The number of rotatable bonds is 10. The Morgan fingerprint density at radius 1 is 1.16 bits per heavy atom. The highest BCUT2D eigenvalue weighted by Crippen LogP contribution is 2.15. The minimum Gasteiger partial charge on any atom is -0.444 e. The van der Waals surface area contributed by atoms with Gasteiger partial charge in [-0.1, -0.05) is 13.8 Å². The van der Waals surface area contributed by atoms with Crippen LogP contribution in [0.15, 0.2) is 4.99 Å². The molecule has 148 valence electrons. The van der Waals surface area contributed by atoms with Crippen molar-refractivity contribution in [1.29, 1.82) is 0 Å². The molecule has 4 N–H and O–H groups in total. The largest absolute Gasteiger partial charge is 0.444 e. The second-order valence-corrected chi connectivity index (χ2v) is 7.58. The lowest BCUT2D eigenvalue weighted by Gasteiger charge is -2.20. The molecule has 7 nitrogen and oxygen atoms in total. The van der Waals surface area contributed by atoms with E-state index < -0.39 is 11.7 Å². The van der Waals surface area contributed by atoms with Crippen molar-refractivity contribution in [2.24, 2.45) is 16.8 Å². The maximum absolute atomic E-state index is 11.6. The number of carbonyl (C=O) groups is 1. The molecule has 0 aliphatic heterocycles. The van der Waals surface area contributed by atoms with Gasteiger partial charge in [0.1, 0.15) is 5.60 Å². The molecule has 0 aromatic rings. The molecule has 1 unspecified atom stereocenters. The lowest BCUT2D eigenvalue weighted by Crippen LogP contribution is -2.42. The highest BCUT2D eigenvalue weighted by Gasteiger charge is 2.15. The minimum atomic E-state index is -0.494. The first-order valence-electron chi connectivity index (χ1n) is 9.27. The van der Waals surface area contributed by atoms with Crippen molar-refractivity contribution < 1.29 is 14.6 Å². The zero-order chi connectivity index (χ0) is 19.3. The van der Waals surface area contributed by atoms with E-state index in [0.29, 0.717) is 31.5 Å². The number of amides is 1. The molecule has 1 atom stereocenters. The van der Waals surface area contributed by atoms with Crippen LogP contribution in [0.1, 0.15) is 54.4 Å². The fraction of sp³-hybridized carbons (Fsp3) is 0.889. The molecular weight excluding hydrogens is 320 g/mol. The molecule has 25 heavy (non-hydrogen) atoms. The fourth-order valence-corrected chi connectivity index (χ4v) is 2.35. The second kappa shape index (κ2) is 12.8. The fourth-order valence-electron chi connectivity index (χ4n) is 2.35. The average molecular weight is 359 g/mol. The Labute approximate surface area is 153 Å². The first kappa shape index (κ1) is 23.5. The van der Waals surface area contributed by atoms with Crippen LogP contribution in [-0.4, -0.2) is 55.5 Å². The van der Waals surface area contributed by atoms with Crippen LogP contribution in [0.4, 0.5) is 4.79 Å². The maximum Gasteiger partial charge on any atom is 0.407 e. The van der Waals surface area contributed by atoms with Crippen LogP contribution in [0.3, 0.4) is 0 Å². The van der Waals surface area contributed by atoms with Crippen LogP contribution < -0.4 is 16.0 Å². The average Bonchev–Trinajstić information content (AvgIpc) is 2.46. The third-order valence-electron chi connectivity index (χ3n) is 3.28. The number of guanidine groups is 1. The van der Waals surface area contributed by atoms with Gasteiger partial charge in [0.25, 0.3) is 0 Å². The quantitative estimate of drug-likeness (QED) is 0.273. The molecule has 0 spiro atoms. The number of ether oxygens (including phenoxy) is 1. The summed E-state index contributed by atoms with van der Waals surface area (Å²) in [4.78, 5) is 16.2. The molecule has 7 heteroatoms. The molecule has 0 aliphatic carbocycles. The molecule has 1 amide bonds. The number of aliphatic hydroxyl groups excluding tert-OH is 1. The molecule has 0 aliphatic rings. The van der Waals surface area contributed by atoms with Gasteiger partial charge in [0.05, 0.1) is 0 Å². The van der Waals surface area contributed by atoms with Gasteiger partial charge >= 0.3 is 6.09 Å². The third-order valence-corrected chi connectivity index (χ3v) is 3.28. The minimum absolute atomic E-state index is 0.191. The smallest absolute Gasteiger partial charge is 0.407 e. The Balaban J connectivity index is 4.32. The maximum atomic E-state index is 11.6. The van der Waals surface area contributed by atoms with Crippen molar-refractivity contribution in [2.45, 2.75) is 60.0 Å². The summed E-state index contributed by atoms with van der Waals surface area (Å²) in [5, 5.41) is 18.3. The molecule has 0 saturated heterocycles. The van der Waals surface area contributed by atoms with Crippen molar-refractivity contribution in [3.8, 4) is 0 Å². The predicted octanol–water partition coefficient (Wildman–Crippen LogP) is 2.11. The van der Waals surface area contributed by atoms with E-state index in [1.54, 1.807) is 0 Å². The third kappa shape index (κ3) is 14.5. The van der Waals surface area contributed by atoms with E-state index >= 15 is 0 Å². The Hall–Kier alpha value is -1.50. The SMILES string of the molecule is CCNC(=NCC(CCO)CC(C)C)NCCNC(=O)OC(C)(C)C. The zero-order valence-electron chi connectivity index (χ0n) is 16.8. The van der Waals surface area contributed by atoms with E-state index in [1.807, 2.05) is 27.7 Å². The summed E-state index contributed by atoms with van der Waals surface area (Å²) in [6.45, 7) is 14.5. The van der Waals surface area contributed by atoms with Crippen LogP contribution >= 0.6 is 0 Å². The number of hydrogen-bond donors (Lipinski definition) is 4. The summed E-state index contributed by atoms with van der Waals surface area (Å²) >= 11 is 0. The van der Waals surface area contributed by atoms with Crippen LogP contribution in [0.5, 0.6) is 0 Å². The van der Waals surface area contributed by atoms with E-state index in [4.69, 9.17) is 4.74 Å². The molecule has 0 rings (SSSR count). The monoisotopic (exact) mass is 358 g/mol. The summed E-state index contributed by atoms with van der Waals surface area (Å²) in [6, 6.07) is 0. The topological polar surface area (TPSA) is 95.0 Å². The molecule has 0 saturated carbocycles. The molecule has 0 aromatic heterocycles. The van der Waals surface area contributed by atoms with E-state index in [1.165, 1.54) is 0 Å². The van der Waals surface area contributed by atoms with Gasteiger partial charge in [-0.15, -0.1) is 0 Å². The van der Waals surface area contributed by atoms with Gasteiger partial charge < -0.3 is 25.8 Å². The van der Waals surface area contributed by atoms with Crippen LogP contribution in [-0.2, 0) is 4.74 Å². The summed E-state index contributed by atoms with van der Waals surface area (Å²) in [5.74, 6) is 1.68. The van der Waals surface area contributed by atoms with Crippen molar-refractivity contribution in [3.05, 3.63) is 0 Å². The lowest BCUT2D eigenvalue weighted by atomic mass is 9.94. The molecule has 0 heterocycles. The first-order valence-corrected chi connectivity index (χ1v) is 9.27. The molecule has 0 radical (unpaired) electrons. The van der Waals surface area contributed by atoms with Crippen molar-refractivity contribution in [3.63, 3.8) is 0 Å². The van der Waals surface area contributed by atoms with E-state index in [2.05, 4.69) is 34.8 Å². The Morgan fingerprint density at radius 2 is 1.80 bits per heavy atom. The summed E-state index contributed by atoms with van der Waals surface area (Å²) in [6.07, 6.45) is 1.39. The first-order chi connectivity index (χ1) is 11.7. The van der Waals surface area contributed by atoms with Gasteiger partial charge in [0.15, 0.2) is 5.96 Å². The highest BCUT2D eigenvalue weighted by molar-refractivity contribution is 5.79. The van der Waals surface area contributed by atoms with E-state index in [-0.39, 0.29) is 6.61 Å². The number of aliphatic imine (C=N–C) groups is 1. The highest BCUT2D eigenvalue weighted by atomic mass is 16.6. The van der Waals surface area contributed by atoms with Gasteiger partial charge in [0, 0.05) is 32.8 Å². The van der Waals surface area contributed by atoms with Crippen LogP contribution in [0.2, 0.25) is 0 Å². The Kier molecular flexibility index (Phi) is 12.0. The number of alkyl carbamates (subject to hydrolysis) is 1. The van der Waals surface area contributed by atoms with Gasteiger partial charge in [-0.2, -0.15) is 0 Å². The number of aliphatic hydroxyl groups is 1. The Bertz CT molecular complexity index is 392. The summed E-state index contributed by atoms with van der Waals surface area (Å²) < 4.78 is 5.19. The summed E-state index contributed by atoms with van der Waals surface area (Å²) in [5.41, 5.74) is -0.494.